The van der Waals surface area contributed by atoms with Crippen molar-refractivity contribution in [2.45, 2.75) is 13.5 Å². The highest BCUT2D eigenvalue weighted by atomic mass is 79.9. The van der Waals surface area contributed by atoms with Crippen LogP contribution in [0.25, 0.3) is 0 Å². The van der Waals surface area contributed by atoms with Gasteiger partial charge in [0, 0.05) is 22.6 Å². The third kappa shape index (κ3) is 4.51. The molecule has 1 rings (SSSR count). The van der Waals surface area contributed by atoms with Crippen molar-refractivity contribution in [2.75, 3.05) is 13.1 Å². The molecule has 0 spiro atoms. The number of rotatable bonds is 5. The molecule has 0 aliphatic rings. The van der Waals surface area contributed by atoms with Crippen molar-refractivity contribution >= 4 is 33.4 Å². The van der Waals surface area contributed by atoms with Gasteiger partial charge in [0.25, 0.3) is 0 Å². The Hall–Kier alpha value is -0.580. The zero-order valence-electron chi connectivity index (χ0n) is 9.02. The van der Waals surface area contributed by atoms with E-state index in [1.165, 1.54) is 0 Å². The number of nitrogens with one attached hydrogen (secondary N) is 2. The van der Waals surface area contributed by atoms with Gasteiger partial charge in [-0.25, -0.2) is 0 Å². The van der Waals surface area contributed by atoms with Crippen LogP contribution in [-0.4, -0.2) is 19.0 Å². The molecule has 0 radical (unpaired) electrons. The summed E-state index contributed by atoms with van der Waals surface area (Å²) in [4.78, 5) is 11.2. The fourth-order valence-corrected chi connectivity index (χ4v) is 1.83. The number of amides is 1. The van der Waals surface area contributed by atoms with Crippen LogP contribution >= 0.6 is 27.5 Å². The molecule has 3 nitrogen and oxygen atoms in total. The Morgan fingerprint density at radius 1 is 1.50 bits per heavy atom. The number of hydrogen-bond acceptors (Lipinski definition) is 2. The molecule has 0 aliphatic carbocycles. The van der Waals surface area contributed by atoms with E-state index in [1.807, 2.05) is 25.1 Å². The monoisotopic (exact) mass is 304 g/mol. The van der Waals surface area contributed by atoms with Crippen molar-refractivity contribution in [3.8, 4) is 0 Å². The van der Waals surface area contributed by atoms with Gasteiger partial charge >= 0.3 is 0 Å². The Morgan fingerprint density at radius 3 is 2.94 bits per heavy atom. The zero-order chi connectivity index (χ0) is 12.0. The van der Waals surface area contributed by atoms with E-state index >= 15 is 0 Å². The van der Waals surface area contributed by atoms with Gasteiger partial charge in [0.1, 0.15) is 0 Å². The SMILES string of the molecule is CCNC(=O)CNCc1cc(Cl)ccc1Br. The first-order valence-corrected chi connectivity index (χ1v) is 6.22. The summed E-state index contributed by atoms with van der Waals surface area (Å²) in [6.07, 6.45) is 0. The second kappa shape index (κ2) is 6.89. The van der Waals surface area contributed by atoms with Crippen LogP contribution in [0.2, 0.25) is 5.02 Å². The molecule has 0 bridgehead atoms. The van der Waals surface area contributed by atoms with Crippen molar-refractivity contribution in [3.05, 3.63) is 33.3 Å². The molecule has 0 saturated carbocycles. The van der Waals surface area contributed by atoms with Gasteiger partial charge in [0.05, 0.1) is 6.54 Å². The summed E-state index contributed by atoms with van der Waals surface area (Å²) in [5.74, 6) is 0.000602. The predicted molar refractivity (Wildman–Crippen MR) is 69.5 cm³/mol. The summed E-state index contributed by atoms with van der Waals surface area (Å²) >= 11 is 9.31. The minimum Gasteiger partial charge on any atom is -0.355 e. The van der Waals surface area contributed by atoms with Crippen molar-refractivity contribution in [3.63, 3.8) is 0 Å². The normalized spacial score (nSPS) is 10.2. The smallest absolute Gasteiger partial charge is 0.233 e. The minimum atomic E-state index is 0.000602. The highest BCUT2D eigenvalue weighted by Crippen LogP contribution is 2.20. The molecule has 1 aromatic carbocycles. The second-order valence-corrected chi connectivity index (χ2v) is 4.58. The lowest BCUT2D eigenvalue weighted by atomic mass is 10.2. The summed E-state index contributed by atoms with van der Waals surface area (Å²) in [6.45, 7) is 3.47. The molecule has 0 unspecified atom stereocenters. The standard InChI is InChI=1S/C11H14BrClN2O/c1-2-15-11(16)7-14-6-8-5-9(13)3-4-10(8)12/h3-5,14H,2,6-7H2,1H3,(H,15,16). The number of carbonyl (C=O) groups is 1. The third-order valence-electron chi connectivity index (χ3n) is 1.98. The second-order valence-electron chi connectivity index (χ2n) is 3.29. The van der Waals surface area contributed by atoms with Crippen LogP contribution in [-0.2, 0) is 11.3 Å². The van der Waals surface area contributed by atoms with E-state index in [1.54, 1.807) is 0 Å². The van der Waals surface area contributed by atoms with Crippen molar-refractivity contribution < 1.29 is 4.79 Å². The first-order valence-electron chi connectivity index (χ1n) is 5.04. The lowest BCUT2D eigenvalue weighted by Gasteiger charge is -2.07. The van der Waals surface area contributed by atoms with E-state index < -0.39 is 0 Å². The predicted octanol–water partition coefficient (Wildman–Crippen LogP) is 2.33. The average Bonchev–Trinajstić information content (AvgIpc) is 2.23. The maximum Gasteiger partial charge on any atom is 0.233 e. The van der Waals surface area contributed by atoms with Gasteiger partial charge in [-0.1, -0.05) is 27.5 Å². The molecule has 0 aliphatic heterocycles. The van der Waals surface area contributed by atoms with Crippen LogP contribution in [0.3, 0.4) is 0 Å². The largest absolute Gasteiger partial charge is 0.355 e. The Kier molecular flexibility index (Phi) is 5.80. The molecular weight excluding hydrogens is 291 g/mol. The fourth-order valence-electron chi connectivity index (χ4n) is 1.25. The van der Waals surface area contributed by atoms with E-state index in [9.17, 15) is 4.79 Å². The summed E-state index contributed by atoms with van der Waals surface area (Å²) < 4.78 is 0.986. The van der Waals surface area contributed by atoms with Gasteiger partial charge < -0.3 is 10.6 Å². The highest BCUT2D eigenvalue weighted by molar-refractivity contribution is 9.10. The molecule has 2 N–H and O–H groups in total. The molecule has 0 saturated heterocycles. The van der Waals surface area contributed by atoms with E-state index in [0.29, 0.717) is 24.7 Å². The summed E-state index contributed by atoms with van der Waals surface area (Å²) in [5, 5.41) is 6.46. The molecule has 0 aromatic heterocycles. The number of halogens is 2. The van der Waals surface area contributed by atoms with E-state index in [2.05, 4.69) is 26.6 Å². The Morgan fingerprint density at radius 2 is 2.25 bits per heavy atom. The van der Waals surface area contributed by atoms with Crippen LogP contribution in [0, 0.1) is 0 Å². The highest BCUT2D eigenvalue weighted by Gasteiger charge is 2.02. The van der Waals surface area contributed by atoms with Crippen molar-refractivity contribution in [1.29, 1.82) is 0 Å². The molecule has 0 heterocycles. The molecule has 5 heteroatoms. The maximum absolute atomic E-state index is 11.2. The summed E-state index contributed by atoms with van der Waals surface area (Å²) in [5.41, 5.74) is 1.04. The molecule has 0 fully saturated rings. The molecule has 88 valence electrons. The maximum atomic E-state index is 11.2. The van der Waals surface area contributed by atoms with Crippen LogP contribution in [0.15, 0.2) is 22.7 Å². The van der Waals surface area contributed by atoms with Gasteiger partial charge in [0.2, 0.25) is 5.91 Å². The van der Waals surface area contributed by atoms with Gasteiger partial charge in [0.15, 0.2) is 0 Å². The number of benzene rings is 1. The fraction of sp³-hybridized carbons (Fsp3) is 0.364. The molecular formula is C11H14BrClN2O. The van der Waals surface area contributed by atoms with Crippen LogP contribution in [0.4, 0.5) is 0 Å². The van der Waals surface area contributed by atoms with E-state index in [4.69, 9.17) is 11.6 Å². The van der Waals surface area contributed by atoms with Gasteiger partial charge in [-0.3, -0.25) is 4.79 Å². The number of carbonyl (C=O) groups excluding carboxylic acids is 1. The Labute approximate surface area is 109 Å². The summed E-state index contributed by atoms with van der Waals surface area (Å²) in [7, 11) is 0. The lowest BCUT2D eigenvalue weighted by Crippen LogP contribution is -2.33. The lowest BCUT2D eigenvalue weighted by molar-refractivity contribution is -0.120. The topological polar surface area (TPSA) is 41.1 Å². The van der Waals surface area contributed by atoms with Crippen LogP contribution in [0.1, 0.15) is 12.5 Å². The van der Waals surface area contributed by atoms with Crippen LogP contribution < -0.4 is 10.6 Å². The van der Waals surface area contributed by atoms with Crippen molar-refractivity contribution in [1.82, 2.24) is 10.6 Å². The average molecular weight is 306 g/mol. The Balaban J connectivity index is 2.42. The van der Waals surface area contributed by atoms with Gasteiger partial charge in [-0.15, -0.1) is 0 Å². The first-order chi connectivity index (χ1) is 7.63. The van der Waals surface area contributed by atoms with Gasteiger partial charge in [-0.05, 0) is 30.7 Å². The quantitative estimate of drug-likeness (QED) is 0.876. The molecule has 16 heavy (non-hydrogen) atoms. The van der Waals surface area contributed by atoms with E-state index in [0.717, 1.165) is 10.0 Å². The van der Waals surface area contributed by atoms with E-state index in [-0.39, 0.29) is 5.91 Å². The van der Waals surface area contributed by atoms with Gasteiger partial charge in [-0.2, -0.15) is 0 Å². The van der Waals surface area contributed by atoms with Crippen molar-refractivity contribution in [2.24, 2.45) is 0 Å². The minimum absolute atomic E-state index is 0.000602. The third-order valence-corrected chi connectivity index (χ3v) is 2.99. The first kappa shape index (κ1) is 13.5. The zero-order valence-corrected chi connectivity index (χ0v) is 11.4. The Bertz CT molecular complexity index is 371. The molecule has 0 atom stereocenters. The van der Waals surface area contributed by atoms with Crippen LogP contribution in [0.5, 0.6) is 0 Å². The molecule has 1 aromatic rings. The molecule has 1 amide bonds. The number of likely N-dealkylation sites (N-methyl/N-ethyl adjacent to an activating group) is 1. The number of hydrogen-bond donors (Lipinski definition) is 2. The summed E-state index contributed by atoms with van der Waals surface area (Å²) in [6, 6.07) is 5.58.